The van der Waals surface area contributed by atoms with E-state index < -0.39 is 5.97 Å². The van der Waals surface area contributed by atoms with Gasteiger partial charge >= 0.3 is 5.97 Å². The number of hydrogen-bond acceptors (Lipinski definition) is 2. The van der Waals surface area contributed by atoms with E-state index in [0.29, 0.717) is 5.56 Å². The Labute approximate surface area is 99.8 Å². The molecule has 3 nitrogen and oxygen atoms in total. The largest absolute Gasteiger partial charge is 0.476 e. The van der Waals surface area contributed by atoms with Crippen LogP contribution < -0.4 is 0 Å². The van der Waals surface area contributed by atoms with Crippen molar-refractivity contribution >= 4 is 5.97 Å². The molecule has 1 heterocycles. The van der Waals surface area contributed by atoms with Crippen LogP contribution in [0, 0.1) is 0 Å². The van der Waals surface area contributed by atoms with E-state index in [1.807, 2.05) is 24.3 Å². The lowest BCUT2D eigenvalue weighted by atomic mass is 9.97. The predicted molar refractivity (Wildman–Crippen MR) is 66.0 cm³/mol. The number of aryl methyl sites for hydroxylation is 1. The van der Waals surface area contributed by atoms with Gasteiger partial charge in [0.2, 0.25) is 0 Å². The van der Waals surface area contributed by atoms with Crippen LogP contribution in [0.1, 0.15) is 23.0 Å². The minimum Gasteiger partial charge on any atom is -0.476 e. The predicted octanol–water partition coefficient (Wildman–Crippen LogP) is 3.01. The SMILES string of the molecule is CCc1ccccc1-c1cccnc1C(=O)O. The molecule has 0 fully saturated rings. The first-order chi connectivity index (χ1) is 8.24. The zero-order valence-electron chi connectivity index (χ0n) is 9.55. The number of carboxylic acids is 1. The van der Waals surface area contributed by atoms with Crippen molar-refractivity contribution < 1.29 is 9.90 Å². The van der Waals surface area contributed by atoms with Gasteiger partial charge < -0.3 is 5.11 Å². The maximum atomic E-state index is 11.1. The van der Waals surface area contributed by atoms with Crippen molar-refractivity contribution in [2.75, 3.05) is 0 Å². The average molecular weight is 227 g/mol. The minimum absolute atomic E-state index is 0.105. The standard InChI is InChI=1S/C14H13NO2/c1-2-10-6-3-4-7-11(10)12-8-5-9-15-13(12)14(16)17/h3-9H,2H2,1H3,(H,16,17). The van der Waals surface area contributed by atoms with Gasteiger partial charge in [0.1, 0.15) is 0 Å². The molecule has 0 aliphatic heterocycles. The maximum absolute atomic E-state index is 11.1. The van der Waals surface area contributed by atoms with E-state index in [-0.39, 0.29) is 5.69 Å². The molecule has 0 radical (unpaired) electrons. The fourth-order valence-corrected chi connectivity index (χ4v) is 1.88. The van der Waals surface area contributed by atoms with E-state index in [9.17, 15) is 4.79 Å². The van der Waals surface area contributed by atoms with E-state index in [4.69, 9.17) is 5.11 Å². The first-order valence-corrected chi connectivity index (χ1v) is 5.50. The number of carboxylic acid groups (broad SMARTS) is 1. The molecule has 0 amide bonds. The lowest BCUT2D eigenvalue weighted by molar-refractivity contribution is 0.0691. The first-order valence-electron chi connectivity index (χ1n) is 5.50. The van der Waals surface area contributed by atoms with Crippen LogP contribution in [0.5, 0.6) is 0 Å². The summed E-state index contributed by atoms with van der Waals surface area (Å²) in [4.78, 5) is 15.1. The summed E-state index contributed by atoms with van der Waals surface area (Å²) in [5.74, 6) is -0.994. The van der Waals surface area contributed by atoms with Gasteiger partial charge in [-0.3, -0.25) is 0 Å². The first kappa shape index (κ1) is 11.3. The highest BCUT2D eigenvalue weighted by molar-refractivity contribution is 5.94. The van der Waals surface area contributed by atoms with E-state index in [2.05, 4.69) is 11.9 Å². The summed E-state index contributed by atoms with van der Waals surface area (Å²) in [7, 11) is 0. The van der Waals surface area contributed by atoms with E-state index in [1.54, 1.807) is 12.1 Å². The van der Waals surface area contributed by atoms with Crippen molar-refractivity contribution in [3.63, 3.8) is 0 Å². The molecular formula is C14H13NO2. The molecule has 86 valence electrons. The Kier molecular flexibility index (Phi) is 3.19. The maximum Gasteiger partial charge on any atom is 0.355 e. The molecule has 17 heavy (non-hydrogen) atoms. The van der Waals surface area contributed by atoms with Crippen molar-refractivity contribution in [1.29, 1.82) is 0 Å². The lowest BCUT2D eigenvalue weighted by Gasteiger charge is -2.09. The van der Waals surface area contributed by atoms with E-state index >= 15 is 0 Å². The number of carbonyl (C=O) groups is 1. The number of hydrogen-bond donors (Lipinski definition) is 1. The van der Waals surface area contributed by atoms with Gasteiger partial charge in [0, 0.05) is 11.8 Å². The fourth-order valence-electron chi connectivity index (χ4n) is 1.88. The molecule has 0 atom stereocenters. The average Bonchev–Trinajstić information content (AvgIpc) is 2.38. The number of benzene rings is 1. The molecule has 0 spiro atoms. The van der Waals surface area contributed by atoms with Crippen molar-refractivity contribution in [3.05, 3.63) is 53.9 Å². The fraction of sp³-hybridized carbons (Fsp3) is 0.143. The van der Waals surface area contributed by atoms with Gasteiger partial charge in [0.25, 0.3) is 0 Å². The molecule has 0 saturated heterocycles. The molecule has 0 saturated carbocycles. The molecule has 1 N–H and O–H groups in total. The third-order valence-electron chi connectivity index (χ3n) is 2.70. The van der Waals surface area contributed by atoms with Crippen molar-refractivity contribution in [2.45, 2.75) is 13.3 Å². The third kappa shape index (κ3) is 2.18. The van der Waals surface area contributed by atoms with Crippen LogP contribution in [0.3, 0.4) is 0 Å². The smallest absolute Gasteiger partial charge is 0.355 e. The number of nitrogens with zero attached hydrogens (tertiary/aromatic N) is 1. The highest BCUT2D eigenvalue weighted by atomic mass is 16.4. The highest BCUT2D eigenvalue weighted by Crippen LogP contribution is 2.26. The second-order valence-electron chi connectivity index (χ2n) is 3.72. The Morgan fingerprint density at radius 1 is 1.18 bits per heavy atom. The minimum atomic E-state index is -0.994. The molecule has 1 aromatic heterocycles. The van der Waals surface area contributed by atoms with Gasteiger partial charge in [0.05, 0.1) is 0 Å². The molecule has 0 unspecified atom stereocenters. The van der Waals surface area contributed by atoms with Crippen LogP contribution in [0.2, 0.25) is 0 Å². The highest BCUT2D eigenvalue weighted by Gasteiger charge is 2.14. The summed E-state index contributed by atoms with van der Waals surface area (Å²) >= 11 is 0. The molecule has 0 aliphatic carbocycles. The topological polar surface area (TPSA) is 50.2 Å². The van der Waals surface area contributed by atoms with E-state index in [0.717, 1.165) is 17.5 Å². The quantitative estimate of drug-likeness (QED) is 0.876. The monoisotopic (exact) mass is 227 g/mol. The van der Waals surface area contributed by atoms with Crippen molar-refractivity contribution in [3.8, 4) is 11.1 Å². The summed E-state index contributed by atoms with van der Waals surface area (Å²) in [6.45, 7) is 2.05. The summed E-state index contributed by atoms with van der Waals surface area (Å²) in [5.41, 5.74) is 2.86. The Bertz CT molecular complexity index is 549. The van der Waals surface area contributed by atoms with Gasteiger partial charge in [-0.2, -0.15) is 0 Å². The Hall–Kier alpha value is -2.16. The molecule has 3 heteroatoms. The van der Waals surface area contributed by atoms with Crippen LogP contribution in [-0.2, 0) is 6.42 Å². The zero-order valence-corrected chi connectivity index (χ0v) is 9.55. The van der Waals surface area contributed by atoms with Gasteiger partial charge in [-0.25, -0.2) is 9.78 Å². The van der Waals surface area contributed by atoms with Crippen LogP contribution in [0.25, 0.3) is 11.1 Å². The Balaban J connectivity index is 2.64. The molecule has 1 aromatic carbocycles. The Morgan fingerprint density at radius 3 is 2.59 bits per heavy atom. The summed E-state index contributed by atoms with van der Waals surface area (Å²) in [6, 6.07) is 11.4. The molecular weight excluding hydrogens is 214 g/mol. The number of aromatic carboxylic acids is 1. The summed E-state index contributed by atoms with van der Waals surface area (Å²) < 4.78 is 0. The zero-order chi connectivity index (χ0) is 12.3. The van der Waals surface area contributed by atoms with E-state index in [1.165, 1.54) is 6.20 Å². The van der Waals surface area contributed by atoms with Crippen LogP contribution >= 0.6 is 0 Å². The molecule has 0 bridgehead atoms. The molecule has 0 aliphatic rings. The number of aromatic nitrogens is 1. The van der Waals surface area contributed by atoms with Gasteiger partial charge in [-0.05, 0) is 23.6 Å². The van der Waals surface area contributed by atoms with Gasteiger partial charge in [-0.1, -0.05) is 37.3 Å². The molecule has 2 aromatic rings. The second kappa shape index (κ2) is 4.78. The second-order valence-corrected chi connectivity index (χ2v) is 3.72. The number of pyridine rings is 1. The van der Waals surface area contributed by atoms with Crippen LogP contribution in [0.4, 0.5) is 0 Å². The summed E-state index contributed by atoms with van der Waals surface area (Å²) in [6.07, 6.45) is 2.37. The van der Waals surface area contributed by atoms with Crippen molar-refractivity contribution in [2.24, 2.45) is 0 Å². The lowest BCUT2D eigenvalue weighted by Crippen LogP contribution is -2.03. The third-order valence-corrected chi connectivity index (χ3v) is 2.70. The van der Waals surface area contributed by atoms with Gasteiger partial charge in [-0.15, -0.1) is 0 Å². The van der Waals surface area contributed by atoms with Crippen molar-refractivity contribution in [1.82, 2.24) is 4.98 Å². The van der Waals surface area contributed by atoms with Crippen LogP contribution in [-0.4, -0.2) is 16.1 Å². The normalized spacial score (nSPS) is 10.2. The summed E-state index contributed by atoms with van der Waals surface area (Å²) in [5, 5.41) is 9.13. The Morgan fingerprint density at radius 2 is 1.88 bits per heavy atom. The van der Waals surface area contributed by atoms with Crippen LogP contribution in [0.15, 0.2) is 42.6 Å². The molecule has 2 rings (SSSR count). The number of rotatable bonds is 3. The van der Waals surface area contributed by atoms with Gasteiger partial charge in [0.15, 0.2) is 5.69 Å².